The van der Waals surface area contributed by atoms with E-state index in [1.165, 1.54) is 87.4 Å². The molecule has 0 radical (unpaired) electrons. The summed E-state index contributed by atoms with van der Waals surface area (Å²) in [6, 6.07) is 58.7. The zero-order chi connectivity index (χ0) is 33.6. The lowest BCUT2D eigenvalue weighted by Gasteiger charge is -2.46. The fourth-order valence-corrected chi connectivity index (χ4v) is 9.44. The molecule has 3 heterocycles. The maximum atomic E-state index is 2.68. The van der Waals surface area contributed by atoms with Gasteiger partial charge in [0.15, 0.2) is 0 Å². The molecule has 4 heteroatoms. The fraction of sp³-hybridized carbons (Fsp3) is 0.0870. The zero-order valence-electron chi connectivity index (χ0n) is 28.4. The van der Waals surface area contributed by atoms with Crippen LogP contribution in [0, 0.1) is 0 Å². The molecule has 2 aliphatic rings. The van der Waals surface area contributed by atoms with Gasteiger partial charge in [0, 0.05) is 59.7 Å². The van der Waals surface area contributed by atoms with Crippen molar-refractivity contribution in [3.8, 4) is 22.3 Å². The standard InChI is InChI=1S/C46H35BN2S/c1-46(2,3)31-24-26-32(27-25-31)48-39-21-11-9-19-37(39)47-44-35(18-13-22-40(44)48)34-16-7-10-20-38(34)49(47)45-33(30-14-5-4-6-15-30)28-29-42-43(45)36-17-8-12-23-41(36)50-42/h4-29H,1-3H3. The number of rotatable bonds is 3. The molecule has 0 atom stereocenters. The molecule has 0 fully saturated rings. The van der Waals surface area contributed by atoms with Crippen LogP contribution in [0.2, 0.25) is 0 Å². The summed E-state index contributed by atoms with van der Waals surface area (Å²) in [6.45, 7) is 6.81. The first-order valence-electron chi connectivity index (χ1n) is 17.5. The number of nitrogens with zero attached hydrogens (tertiary/aromatic N) is 2. The summed E-state index contributed by atoms with van der Waals surface area (Å²) < 4.78 is 2.62. The molecule has 10 rings (SSSR count). The zero-order valence-corrected chi connectivity index (χ0v) is 29.2. The predicted octanol–water partition coefficient (Wildman–Crippen LogP) is 11.7. The molecule has 0 saturated carbocycles. The van der Waals surface area contributed by atoms with E-state index in [1.54, 1.807) is 0 Å². The molecular weight excluding hydrogens is 623 g/mol. The van der Waals surface area contributed by atoms with Gasteiger partial charge in [-0.25, -0.2) is 0 Å². The monoisotopic (exact) mass is 658 g/mol. The topological polar surface area (TPSA) is 6.48 Å². The highest BCUT2D eigenvalue weighted by molar-refractivity contribution is 7.26. The lowest BCUT2D eigenvalue weighted by molar-refractivity contribution is 0.590. The predicted molar refractivity (Wildman–Crippen MR) is 217 cm³/mol. The third kappa shape index (κ3) is 4.28. The average molecular weight is 659 g/mol. The van der Waals surface area contributed by atoms with Crippen LogP contribution in [0.3, 0.4) is 0 Å². The molecule has 8 aromatic rings. The number of anilines is 5. The number of benzene rings is 7. The molecule has 0 aliphatic carbocycles. The summed E-state index contributed by atoms with van der Waals surface area (Å²) in [5.41, 5.74) is 15.2. The van der Waals surface area contributed by atoms with Crippen LogP contribution in [-0.4, -0.2) is 6.85 Å². The van der Waals surface area contributed by atoms with Crippen LogP contribution >= 0.6 is 11.3 Å². The van der Waals surface area contributed by atoms with E-state index in [2.05, 4.69) is 188 Å². The molecule has 0 unspecified atom stereocenters. The molecular formula is C46H35BN2S. The van der Waals surface area contributed by atoms with Crippen LogP contribution in [0.4, 0.5) is 28.4 Å². The summed E-state index contributed by atoms with van der Waals surface area (Å²) in [6.07, 6.45) is 0. The fourth-order valence-electron chi connectivity index (χ4n) is 8.33. The molecule has 0 N–H and O–H groups in total. The van der Waals surface area contributed by atoms with Crippen molar-refractivity contribution in [2.75, 3.05) is 9.71 Å². The Morgan fingerprint density at radius 1 is 0.520 bits per heavy atom. The Kier molecular flexibility index (Phi) is 6.44. The second kappa shape index (κ2) is 11.0. The van der Waals surface area contributed by atoms with Crippen LogP contribution in [0.5, 0.6) is 0 Å². The van der Waals surface area contributed by atoms with Gasteiger partial charge in [0.2, 0.25) is 0 Å². The minimum Gasteiger partial charge on any atom is -0.375 e. The van der Waals surface area contributed by atoms with Crippen LogP contribution in [0.15, 0.2) is 158 Å². The third-order valence-electron chi connectivity index (χ3n) is 10.6. The largest absolute Gasteiger partial charge is 0.375 e. The highest BCUT2D eigenvalue weighted by Crippen LogP contribution is 2.52. The number of thiophene rings is 1. The van der Waals surface area contributed by atoms with E-state index >= 15 is 0 Å². The number of hydrogen-bond acceptors (Lipinski definition) is 3. The quantitative estimate of drug-likeness (QED) is 0.174. The Balaban J connectivity index is 1.31. The van der Waals surface area contributed by atoms with Gasteiger partial charge in [0.1, 0.15) is 0 Å². The highest BCUT2D eigenvalue weighted by atomic mass is 32.1. The number of hydrogen-bond donors (Lipinski definition) is 0. The molecule has 0 spiro atoms. The van der Waals surface area contributed by atoms with E-state index in [9.17, 15) is 0 Å². The van der Waals surface area contributed by atoms with Crippen LogP contribution in [0.1, 0.15) is 26.3 Å². The SMILES string of the molecule is CC(C)(C)c1ccc(N2c3ccccc3B3c4c(cccc42)-c2ccccc2N3c2c(-c3ccccc3)ccc3sc4ccccc4c23)cc1. The van der Waals surface area contributed by atoms with Crippen molar-refractivity contribution in [3.05, 3.63) is 163 Å². The van der Waals surface area contributed by atoms with Crippen LogP contribution < -0.4 is 20.6 Å². The van der Waals surface area contributed by atoms with Gasteiger partial charge in [0.05, 0.1) is 0 Å². The van der Waals surface area contributed by atoms with Crippen molar-refractivity contribution in [2.45, 2.75) is 26.2 Å². The maximum Gasteiger partial charge on any atom is 0.333 e. The van der Waals surface area contributed by atoms with Crippen molar-refractivity contribution in [2.24, 2.45) is 0 Å². The van der Waals surface area contributed by atoms with Crippen molar-refractivity contribution in [1.29, 1.82) is 0 Å². The van der Waals surface area contributed by atoms with Gasteiger partial charge in [-0.05, 0) is 75.5 Å². The molecule has 7 aromatic carbocycles. The lowest BCUT2D eigenvalue weighted by Crippen LogP contribution is -2.61. The van der Waals surface area contributed by atoms with E-state index in [4.69, 9.17) is 0 Å². The van der Waals surface area contributed by atoms with Crippen molar-refractivity contribution < 1.29 is 0 Å². The van der Waals surface area contributed by atoms with Crippen molar-refractivity contribution in [1.82, 2.24) is 0 Å². The Morgan fingerprint density at radius 2 is 1.20 bits per heavy atom. The first kappa shape index (κ1) is 29.4. The Bertz CT molecular complexity index is 2600. The second-order valence-electron chi connectivity index (χ2n) is 14.5. The molecule has 238 valence electrons. The minimum atomic E-state index is -0.0378. The lowest BCUT2D eigenvalue weighted by atomic mass is 9.43. The smallest absolute Gasteiger partial charge is 0.333 e. The Hall–Kier alpha value is -5.58. The van der Waals surface area contributed by atoms with Gasteiger partial charge in [-0.1, -0.05) is 136 Å². The number of fused-ring (bicyclic) bond motifs is 7. The van der Waals surface area contributed by atoms with Gasteiger partial charge in [-0.3, -0.25) is 0 Å². The van der Waals surface area contributed by atoms with E-state index in [-0.39, 0.29) is 12.3 Å². The van der Waals surface area contributed by atoms with E-state index < -0.39 is 0 Å². The number of para-hydroxylation sites is 2. The molecule has 0 amide bonds. The average Bonchev–Trinajstić information content (AvgIpc) is 3.54. The first-order chi connectivity index (χ1) is 24.5. The molecule has 2 aliphatic heterocycles. The minimum absolute atomic E-state index is 0.0378. The first-order valence-corrected chi connectivity index (χ1v) is 18.3. The van der Waals surface area contributed by atoms with Gasteiger partial charge >= 0.3 is 6.85 Å². The maximum absolute atomic E-state index is 2.68. The summed E-state index contributed by atoms with van der Waals surface area (Å²) >= 11 is 1.89. The van der Waals surface area contributed by atoms with Crippen LogP contribution in [0.25, 0.3) is 42.4 Å². The summed E-state index contributed by atoms with van der Waals surface area (Å²) in [5.74, 6) is 0. The normalized spacial score (nSPS) is 13.4. The highest BCUT2D eigenvalue weighted by Gasteiger charge is 2.45. The Labute approximate surface area is 298 Å². The van der Waals surface area contributed by atoms with E-state index in [0.29, 0.717) is 0 Å². The van der Waals surface area contributed by atoms with Gasteiger partial charge in [-0.2, -0.15) is 0 Å². The molecule has 1 aromatic heterocycles. The van der Waals surface area contributed by atoms with E-state index in [1.807, 2.05) is 11.3 Å². The second-order valence-corrected chi connectivity index (χ2v) is 15.6. The molecule has 50 heavy (non-hydrogen) atoms. The summed E-state index contributed by atoms with van der Waals surface area (Å²) in [7, 11) is 0. The van der Waals surface area contributed by atoms with Gasteiger partial charge < -0.3 is 9.71 Å². The molecule has 2 nitrogen and oxygen atoms in total. The summed E-state index contributed by atoms with van der Waals surface area (Å²) in [4.78, 5) is 5.17. The van der Waals surface area contributed by atoms with Crippen molar-refractivity contribution in [3.63, 3.8) is 0 Å². The molecule has 0 saturated heterocycles. The Morgan fingerprint density at radius 3 is 2.02 bits per heavy atom. The summed E-state index contributed by atoms with van der Waals surface area (Å²) in [5, 5.41) is 2.63. The van der Waals surface area contributed by atoms with E-state index in [0.717, 1.165) is 0 Å². The van der Waals surface area contributed by atoms with Gasteiger partial charge in [-0.15, -0.1) is 11.3 Å². The van der Waals surface area contributed by atoms with Crippen LogP contribution in [-0.2, 0) is 5.41 Å². The van der Waals surface area contributed by atoms with Gasteiger partial charge in [0.25, 0.3) is 0 Å². The molecule has 0 bridgehead atoms. The van der Waals surface area contributed by atoms with Crippen molar-refractivity contribution >= 4 is 77.7 Å². The third-order valence-corrected chi connectivity index (χ3v) is 11.8.